The van der Waals surface area contributed by atoms with E-state index < -0.39 is 0 Å². The Labute approximate surface area is 110 Å². The summed E-state index contributed by atoms with van der Waals surface area (Å²) in [5.74, 6) is 0. The van der Waals surface area contributed by atoms with Crippen molar-refractivity contribution in [2.24, 2.45) is 0 Å². The van der Waals surface area contributed by atoms with Gasteiger partial charge in [-0.05, 0) is 34.1 Å². The van der Waals surface area contributed by atoms with E-state index in [-0.39, 0.29) is 16.8 Å². The highest BCUT2D eigenvalue weighted by molar-refractivity contribution is 5.00. The van der Waals surface area contributed by atoms with Crippen LogP contribution in [0.2, 0.25) is 0 Å². The Morgan fingerprint density at radius 3 is 2.44 bits per heavy atom. The van der Waals surface area contributed by atoms with Gasteiger partial charge >= 0.3 is 0 Å². The molecule has 0 radical (unpaired) electrons. The molecule has 0 saturated carbocycles. The normalized spacial score (nSPS) is 38.2. The lowest BCUT2D eigenvalue weighted by Crippen LogP contribution is -2.51. The maximum atomic E-state index is 6.10. The molecule has 2 saturated heterocycles. The van der Waals surface area contributed by atoms with E-state index in [9.17, 15) is 0 Å². The molecule has 0 spiro atoms. The van der Waals surface area contributed by atoms with E-state index in [1.165, 1.54) is 0 Å². The second-order valence-corrected chi connectivity index (χ2v) is 6.79. The molecule has 2 atom stereocenters. The van der Waals surface area contributed by atoms with E-state index in [0.717, 1.165) is 26.0 Å². The fraction of sp³-hybridized carbons (Fsp3) is 1.00. The predicted octanol–water partition coefficient (Wildman–Crippen LogP) is 1.73. The average Bonchev–Trinajstić information content (AvgIpc) is 2.78. The molecular formula is C14H27NO3. The van der Waals surface area contributed by atoms with Gasteiger partial charge in [0.1, 0.15) is 5.60 Å². The maximum Gasteiger partial charge on any atom is 0.106 e. The van der Waals surface area contributed by atoms with Crippen molar-refractivity contribution in [3.8, 4) is 0 Å². The zero-order valence-electron chi connectivity index (χ0n) is 12.3. The summed E-state index contributed by atoms with van der Waals surface area (Å²) >= 11 is 0. The number of rotatable bonds is 4. The van der Waals surface area contributed by atoms with Gasteiger partial charge < -0.3 is 19.5 Å². The van der Waals surface area contributed by atoms with Crippen LogP contribution in [-0.2, 0) is 14.2 Å². The molecule has 2 unspecified atom stereocenters. The number of hydrogen-bond donors (Lipinski definition) is 1. The Morgan fingerprint density at radius 1 is 1.28 bits per heavy atom. The standard InChI is InChI=1S/C14H27NO3/c1-12(2)8-11(13(3,4)18-12)15-9-14(16-5)6-7-17-10-14/h11,15H,6-10H2,1-5H3. The molecule has 0 aliphatic carbocycles. The van der Waals surface area contributed by atoms with Gasteiger partial charge in [0.15, 0.2) is 0 Å². The predicted molar refractivity (Wildman–Crippen MR) is 70.8 cm³/mol. The number of methoxy groups -OCH3 is 1. The van der Waals surface area contributed by atoms with Crippen molar-refractivity contribution in [2.45, 2.75) is 63.4 Å². The molecule has 4 nitrogen and oxygen atoms in total. The number of ether oxygens (including phenoxy) is 3. The minimum Gasteiger partial charge on any atom is -0.378 e. The van der Waals surface area contributed by atoms with Crippen LogP contribution in [0.3, 0.4) is 0 Å². The molecular weight excluding hydrogens is 230 g/mol. The first-order valence-corrected chi connectivity index (χ1v) is 6.85. The summed E-state index contributed by atoms with van der Waals surface area (Å²) in [5, 5.41) is 3.63. The lowest BCUT2D eigenvalue weighted by molar-refractivity contribution is -0.0724. The van der Waals surface area contributed by atoms with Crippen molar-refractivity contribution in [3.05, 3.63) is 0 Å². The summed E-state index contributed by atoms with van der Waals surface area (Å²) in [6, 6.07) is 0.361. The van der Waals surface area contributed by atoms with Gasteiger partial charge in [-0.2, -0.15) is 0 Å². The SMILES string of the molecule is COC1(CNC2CC(C)(C)OC2(C)C)CCOC1. The molecule has 18 heavy (non-hydrogen) atoms. The molecule has 4 heteroatoms. The first kappa shape index (κ1) is 14.3. The molecule has 2 heterocycles. The molecule has 2 aliphatic heterocycles. The first-order chi connectivity index (χ1) is 8.29. The fourth-order valence-electron chi connectivity index (χ4n) is 3.15. The molecule has 2 rings (SSSR count). The average molecular weight is 257 g/mol. The highest BCUT2D eigenvalue weighted by atomic mass is 16.6. The summed E-state index contributed by atoms with van der Waals surface area (Å²) < 4.78 is 17.2. The summed E-state index contributed by atoms with van der Waals surface area (Å²) in [7, 11) is 1.77. The Morgan fingerprint density at radius 2 is 2.00 bits per heavy atom. The van der Waals surface area contributed by atoms with Crippen molar-refractivity contribution < 1.29 is 14.2 Å². The highest BCUT2D eigenvalue weighted by Crippen LogP contribution is 2.37. The van der Waals surface area contributed by atoms with Gasteiger partial charge in [0, 0.05) is 32.7 Å². The summed E-state index contributed by atoms with van der Waals surface area (Å²) in [5.41, 5.74) is -0.325. The summed E-state index contributed by atoms with van der Waals surface area (Å²) in [6.45, 7) is 10.9. The zero-order valence-corrected chi connectivity index (χ0v) is 12.3. The smallest absolute Gasteiger partial charge is 0.106 e. The van der Waals surface area contributed by atoms with E-state index in [0.29, 0.717) is 12.6 Å². The highest BCUT2D eigenvalue weighted by Gasteiger charge is 2.46. The Bertz CT molecular complexity index is 295. The van der Waals surface area contributed by atoms with Gasteiger partial charge in [-0.25, -0.2) is 0 Å². The van der Waals surface area contributed by atoms with Crippen LogP contribution in [0.1, 0.15) is 40.5 Å². The second kappa shape index (κ2) is 4.75. The Balaban J connectivity index is 1.94. The third-order valence-electron chi connectivity index (χ3n) is 4.25. The molecule has 0 aromatic rings. The lowest BCUT2D eigenvalue weighted by atomic mass is 9.93. The van der Waals surface area contributed by atoms with Crippen LogP contribution in [0, 0.1) is 0 Å². The van der Waals surface area contributed by atoms with E-state index >= 15 is 0 Å². The van der Waals surface area contributed by atoms with Crippen molar-refractivity contribution in [1.82, 2.24) is 5.32 Å². The lowest BCUT2D eigenvalue weighted by Gasteiger charge is -2.32. The first-order valence-electron chi connectivity index (χ1n) is 6.85. The van der Waals surface area contributed by atoms with Gasteiger partial charge in [0.05, 0.1) is 17.8 Å². The minimum absolute atomic E-state index is 0.0480. The van der Waals surface area contributed by atoms with Crippen LogP contribution < -0.4 is 5.32 Å². The molecule has 0 bridgehead atoms. The number of nitrogens with one attached hydrogen (secondary N) is 1. The minimum atomic E-state index is -0.150. The topological polar surface area (TPSA) is 39.7 Å². The number of hydrogen-bond acceptors (Lipinski definition) is 4. The van der Waals surface area contributed by atoms with Crippen LogP contribution in [-0.4, -0.2) is 49.7 Å². The van der Waals surface area contributed by atoms with Crippen LogP contribution in [0.4, 0.5) is 0 Å². The molecule has 2 fully saturated rings. The van der Waals surface area contributed by atoms with Crippen molar-refractivity contribution >= 4 is 0 Å². The molecule has 2 aliphatic rings. The molecule has 0 aromatic carbocycles. The van der Waals surface area contributed by atoms with Crippen LogP contribution in [0.15, 0.2) is 0 Å². The zero-order chi connectivity index (χ0) is 13.4. The largest absolute Gasteiger partial charge is 0.378 e. The summed E-state index contributed by atoms with van der Waals surface area (Å²) in [4.78, 5) is 0. The van der Waals surface area contributed by atoms with Crippen LogP contribution >= 0.6 is 0 Å². The van der Waals surface area contributed by atoms with Gasteiger partial charge in [0.25, 0.3) is 0 Å². The monoisotopic (exact) mass is 257 g/mol. The van der Waals surface area contributed by atoms with Gasteiger partial charge in [-0.3, -0.25) is 0 Å². The molecule has 0 aromatic heterocycles. The van der Waals surface area contributed by atoms with Crippen molar-refractivity contribution in [1.29, 1.82) is 0 Å². The van der Waals surface area contributed by atoms with Crippen LogP contribution in [0.5, 0.6) is 0 Å². The molecule has 106 valence electrons. The fourth-order valence-corrected chi connectivity index (χ4v) is 3.15. The molecule has 0 amide bonds. The quantitative estimate of drug-likeness (QED) is 0.832. The van der Waals surface area contributed by atoms with E-state index in [1.54, 1.807) is 7.11 Å². The van der Waals surface area contributed by atoms with Crippen molar-refractivity contribution in [2.75, 3.05) is 26.9 Å². The molecule has 1 N–H and O–H groups in total. The van der Waals surface area contributed by atoms with Gasteiger partial charge in [-0.15, -0.1) is 0 Å². The third-order valence-corrected chi connectivity index (χ3v) is 4.25. The second-order valence-electron chi connectivity index (χ2n) is 6.79. The van der Waals surface area contributed by atoms with E-state index in [4.69, 9.17) is 14.2 Å². The van der Waals surface area contributed by atoms with Gasteiger partial charge in [0.2, 0.25) is 0 Å². The third kappa shape index (κ3) is 2.87. The van der Waals surface area contributed by atoms with E-state index in [2.05, 4.69) is 33.0 Å². The summed E-state index contributed by atoms with van der Waals surface area (Å²) in [6.07, 6.45) is 1.99. The maximum absolute atomic E-state index is 6.10. The van der Waals surface area contributed by atoms with E-state index in [1.807, 2.05) is 0 Å². The van der Waals surface area contributed by atoms with Gasteiger partial charge in [-0.1, -0.05) is 0 Å². The van der Waals surface area contributed by atoms with Crippen LogP contribution in [0.25, 0.3) is 0 Å². The Hall–Kier alpha value is -0.160. The van der Waals surface area contributed by atoms with Crippen molar-refractivity contribution in [3.63, 3.8) is 0 Å². The Kier molecular flexibility index (Phi) is 3.76.